The molecule has 0 aliphatic rings. The largest absolute Gasteiger partial charge is 0.508 e. The number of phenols is 2. The zero-order chi connectivity index (χ0) is 22.1. The Balaban J connectivity index is 1.90. The summed E-state index contributed by atoms with van der Waals surface area (Å²) in [5.41, 5.74) is 3.36. The molecular formula is C23H27N5O2S. The van der Waals surface area contributed by atoms with E-state index in [2.05, 4.69) is 38.3 Å². The molecule has 3 N–H and O–H groups in total. The molecule has 31 heavy (non-hydrogen) atoms. The summed E-state index contributed by atoms with van der Waals surface area (Å²) in [4.78, 5) is 0. The molecule has 8 heteroatoms. The average molecular weight is 438 g/mol. The number of nitrogens with one attached hydrogen (secondary N) is 1. The molecule has 4 rings (SSSR count). The molecular weight excluding hydrogens is 410 g/mol. The first-order valence-corrected chi connectivity index (χ1v) is 11.2. The van der Waals surface area contributed by atoms with Crippen LogP contribution in [0.25, 0.3) is 28.0 Å². The monoisotopic (exact) mass is 437 g/mol. The standard InChI is InChI=1S/C23H27N5O2S/c1-14(2)17-12-18(21(30)13-20(17)29)22-25-26-23(31-10-8-24-3)28(22)16-5-6-19-15(11-16)7-9-27(19)4/h5-7,9,11-14,24,29-30H,8,10H2,1-4H3. The number of aromatic hydroxyl groups is 2. The van der Waals surface area contributed by atoms with Crippen molar-refractivity contribution in [2.24, 2.45) is 7.05 Å². The minimum Gasteiger partial charge on any atom is -0.508 e. The smallest absolute Gasteiger partial charge is 0.196 e. The van der Waals surface area contributed by atoms with E-state index in [0.29, 0.717) is 11.4 Å². The van der Waals surface area contributed by atoms with E-state index in [1.54, 1.807) is 17.8 Å². The first kappa shape index (κ1) is 21.3. The Morgan fingerprint density at radius 1 is 1.06 bits per heavy atom. The van der Waals surface area contributed by atoms with Crippen LogP contribution in [0.2, 0.25) is 0 Å². The van der Waals surface area contributed by atoms with Crippen LogP contribution < -0.4 is 5.32 Å². The fourth-order valence-corrected chi connectivity index (χ4v) is 4.57. The molecule has 0 aliphatic carbocycles. The van der Waals surface area contributed by atoms with Crippen molar-refractivity contribution in [2.75, 3.05) is 19.3 Å². The van der Waals surface area contributed by atoms with Crippen molar-refractivity contribution in [1.29, 1.82) is 0 Å². The number of hydrogen-bond acceptors (Lipinski definition) is 6. The van der Waals surface area contributed by atoms with Gasteiger partial charge >= 0.3 is 0 Å². The van der Waals surface area contributed by atoms with Crippen LogP contribution in [-0.4, -0.2) is 48.9 Å². The van der Waals surface area contributed by atoms with E-state index in [1.807, 2.05) is 44.8 Å². The molecule has 0 unspecified atom stereocenters. The number of aryl methyl sites for hydroxylation is 1. The van der Waals surface area contributed by atoms with Crippen LogP contribution in [0.4, 0.5) is 0 Å². The molecule has 0 radical (unpaired) electrons. The number of benzene rings is 2. The molecule has 2 heterocycles. The van der Waals surface area contributed by atoms with Gasteiger partial charge in [-0.25, -0.2) is 0 Å². The second kappa shape index (κ2) is 8.64. The third-order valence-electron chi connectivity index (χ3n) is 5.35. The number of aromatic nitrogens is 4. The van der Waals surface area contributed by atoms with Crippen molar-refractivity contribution >= 4 is 22.7 Å². The highest BCUT2D eigenvalue weighted by Gasteiger charge is 2.21. The maximum absolute atomic E-state index is 10.7. The Bertz CT molecular complexity index is 1230. The molecule has 0 saturated carbocycles. The molecule has 0 saturated heterocycles. The third-order valence-corrected chi connectivity index (χ3v) is 6.28. The van der Waals surface area contributed by atoms with Gasteiger partial charge in [0.1, 0.15) is 11.5 Å². The number of thioether (sulfide) groups is 1. The first-order chi connectivity index (χ1) is 14.9. The lowest BCUT2D eigenvalue weighted by molar-refractivity contribution is 0.444. The van der Waals surface area contributed by atoms with Crippen molar-refractivity contribution in [2.45, 2.75) is 24.9 Å². The number of nitrogens with zero attached hydrogens (tertiary/aromatic N) is 4. The summed E-state index contributed by atoms with van der Waals surface area (Å²) in [5.74, 6) is 1.53. The highest BCUT2D eigenvalue weighted by atomic mass is 32.2. The van der Waals surface area contributed by atoms with Crippen LogP contribution in [0.5, 0.6) is 11.5 Å². The van der Waals surface area contributed by atoms with Gasteiger partial charge in [-0.2, -0.15) is 0 Å². The van der Waals surface area contributed by atoms with Gasteiger partial charge in [0, 0.05) is 42.5 Å². The van der Waals surface area contributed by atoms with Gasteiger partial charge in [0.2, 0.25) is 0 Å². The molecule has 4 aromatic rings. The van der Waals surface area contributed by atoms with Crippen LogP contribution in [0.3, 0.4) is 0 Å². The van der Waals surface area contributed by atoms with Gasteiger partial charge in [-0.3, -0.25) is 4.57 Å². The molecule has 162 valence electrons. The SMILES string of the molecule is CNCCSc1nnc(-c2cc(C(C)C)c(O)cc2O)n1-c1ccc2c(ccn2C)c1. The summed E-state index contributed by atoms with van der Waals surface area (Å²) in [5, 5.41) is 34.8. The van der Waals surface area contributed by atoms with Crippen molar-refractivity contribution in [3.05, 3.63) is 48.2 Å². The van der Waals surface area contributed by atoms with Crippen LogP contribution in [-0.2, 0) is 7.05 Å². The molecule has 0 spiro atoms. The van der Waals surface area contributed by atoms with Crippen molar-refractivity contribution in [1.82, 2.24) is 24.6 Å². The summed E-state index contributed by atoms with van der Waals surface area (Å²) >= 11 is 1.60. The molecule has 0 aliphatic heterocycles. The van der Waals surface area contributed by atoms with E-state index in [9.17, 15) is 10.2 Å². The van der Waals surface area contributed by atoms with E-state index in [1.165, 1.54) is 6.07 Å². The molecule has 2 aromatic heterocycles. The van der Waals surface area contributed by atoms with Crippen LogP contribution in [0.15, 0.2) is 47.8 Å². The third kappa shape index (κ3) is 4.00. The first-order valence-electron chi connectivity index (χ1n) is 10.2. The number of fused-ring (bicyclic) bond motifs is 1. The minimum atomic E-state index is -0.0249. The normalized spacial score (nSPS) is 11.6. The number of rotatable bonds is 7. The Morgan fingerprint density at radius 3 is 2.61 bits per heavy atom. The van der Waals surface area contributed by atoms with Crippen LogP contribution >= 0.6 is 11.8 Å². The Hall–Kier alpha value is -2.97. The quantitative estimate of drug-likeness (QED) is 0.296. The Kier molecular flexibility index (Phi) is 5.93. The summed E-state index contributed by atoms with van der Waals surface area (Å²) in [6.45, 7) is 4.85. The lowest BCUT2D eigenvalue weighted by Crippen LogP contribution is -2.10. The average Bonchev–Trinajstić information content (AvgIpc) is 3.31. The summed E-state index contributed by atoms with van der Waals surface area (Å²) in [6.07, 6.45) is 2.03. The minimum absolute atomic E-state index is 0.0249. The topological polar surface area (TPSA) is 88.1 Å². The van der Waals surface area contributed by atoms with Gasteiger partial charge in [-0.15, -0.1) is 10.2 Å². The zero-order valence-electron chi connectivity index (χ0n) is 18.1. The zero-order valence-corrected chi connectivity index (χ0v) is 18.9. The lowest BCUT2D eigenvalue weighted by Gasteiger charge is -2.15. The van der Waals surface area contributed by atoms with Crippen molar-refractivity contribution < 1.29 is 10.2 Å². The molecule has 0 amide bonds. The second-order valence-corrected chi connectivity index (χ2v) is 8.91. The van der Waals surface area contributed by atoms with E-state index < -0.39 is 0 Å². The van der Waals surface area contributed by atoms with Crippen molar-refractivity contribution in [3.63, 3.8) is 0 Å². The van der Waals surface area contributed by atoms with E-state index in [4.69, 9.17) is 0 Å². The fraction of sp³-hybridized carbons (Fsp3) is 0.304. The predicted molar refractivity (Wildman–Crippen MR) is 125 cm³/mol. The maximum atomic E-state index is 10.7. The Labute approximate surface area is 185 Å². The van der Waals surface area contributed by atoms with Crippen molar-refractivity contribution in [3.8, 4) is 28.6 Å². The van der Waals surface area contributed by atoms with Gasteiger partial charge in [0.15, 0.2) is 11.0 Å². The summed E-state index contributed by atoms with van der Waals surface area (Å²) in [7, 11) is 3.94. The van der Waals surface area contributed by atoms with Crippen LogP contribution in [0.1, 0.15) is 25.3 Å². The van der Waals surface area contributed by atoms with E-state index in [-0.39, 0.29) is 17.4 Å². The molecule has 0 bridgehead atoms. The molecule has 2 aromatic carbocycles. The Morgan fingerprint density at radius 2 is 1.87 bits per heavy atom. The van der Waals surface area contributed by atoms with Gasteiger partial charge in [-0.05, 0) is 48.9 Å². The maximum Gasteiger partial charge on any atom is 0.196 e. The van der Waals surface area contributed by atoms with Gasteiger partial charge < -0.3 is 20.1 Å². The number of phenolic OH excluding ortho intramolecular Hbond substituents is 2. The second-order valence-electron chi connectivity index (χ2n) is 7.85. The highest BCUT2D eigenvalue weighted by Crippen LogP contribution is 2.39. The fourth-order valence-electron chi connectivity index (χ4n) is 3.66. The van der Waals surface area contributed by atoms with Gasteiger partial charge in [0.05, 0.1) is 11.3 Å². The highest BCUT2D eigenvalue weighted by molar-refractivity contribution is 7.99. The molecule has 0 atom stereocenters. The van der Waals surface area contributed by atoms with Gasteiger partial charge in [0.25, 0.3) is 0 Å². The predicted octanol–water partition coefficient (Wildman–Crippen LogP) is 4.27. The van der Waals surface area contributed by atoms with Crippen LogP contribution in [0, 0.1) is 0 Å². The molecule has 7 nitrogen and oxygen atoms in total. The summed E-state index contributed by atoms with van der Waals surface area (Å²) in [6, 6.07) is 11.5. The van der Waals surface area contributed by atoms with Gasteiger partial charge in [-0.1, -0.05) is 25.6 Å². The lowest BCUT2D eigenvalue weighted by atomic mass is 9.98. The summed E-state index contributed by atoms with van der Waals surface area (Å²) < 4.78 is 4.05. The van der Waals surface area contributed by atoms with E-state index in [0.717, 1.165) is 39.6 Å². The molecule has 0 fully saturated rings. The van der Waals surface area contributed by atoms with E-state index >= 15 is 0 Å². The number of hydrogen-bond donors (Lipinski definition) is 3.